The van der Waals surface area contributed by atoms with Crippen LogP contribution in [-0.4, -0.2) is 49.4 Å². The molecule has 1 N–H and O–H groups in total. The van der Waals surface area contributed by atoms with Gasteiger partial charge in [-0.1, -0.05) is 6.92 Å². The van der Waals surface area contributed by atoms with Crippen LogP contribution in [0.4, 0.5) is 10.5 Å². The van der Waals surface area contributed by atoms with Gasteiger partial charge in [0.1, 0.15) is 17.6 Å². The highest BCUT2D eigenvalue weighted by atomic mass is 16.6. The lowest BCUT2D eigenvalue weighted by molar-refractivity contribution is -0.121. The van der Waals surface area contributed by atoms with Gasteiger partial charge in [0.2, 0.25) is 5.91 Å². The zero-order valence-electron chi connectivity index (χ0n) is 15.3. The molecule has 2 unspecified atom stereocenters. The minimum absolute atomic E-state index is 0.0931. The van der Waals surface area contributed by atoms with Crippen molar-refractivity contribution in [1.29, 1.82) is 0 Å². The molecule has 0 aliphatic carbocycles. The molecule has 3 rings (SSSR count). The van der Waals surface area contributed by atoms with Crippen molar-refractivity contribution in [1.82, 2.24) is 5.32 Å². The van der Waals surface area contributed by atoms with Crippen LogP contribution >= 0.6 is 0 Å². The smallest absolute Gasteiger partial charge is 0.414 e. The van der Waals surface area contributed by atoms with Crippen LogP contribution in [0.1, 0.15) is 37.0 Å². The number of ether oxygens (including phenoxy) is 2. The fourth-order valence-electron chi connectivity index (χ4n) is 3.26. The van der Waals surface area contributed by atoms with Gasteiger partial charge in [0.05, 0.1) is 36.9 Å². The summed E-state index contributed by atoms with van der Waals surface area (Å²) in [6.45, 7) is 3.91. The van der Waals surface area contributed by atoms with Gasteiger partial charge in [-0.05, 0) is 18.6 Å². The van der Waals surface area contributed by atoms with E-state index in [2.05, 4.69) is 5.32 Å². The van der Waals surface area contributed by atoms with Gasteiger partial charge in [-0.15, -0.1) is 0 Å². The number of carbonyl (C=O) groups is 4. The van der Waals surface area contributed by atoms with Crippen LogP contribution in [0.25, 0.3) is 0 Å². The molecule has 1 fully saturated rings. The molecule has 0 bridgehead atoms. The molecule has 1 aromatic rings. The van der Waals surface area contributed by atoms with Crippen molar-refractivity contribution < 1.29 is 28.7 Å². The maximum Gasteiger partial charge on any atom is 0.414 e. The van der Waals surface area contributed by atoms with E-state index in [9.17, 15) is 19.2 Å². The van der Waals surface area contributed by atoms with Crippen molar-refractivity contribution >= 4 is 29.3 Å². The Hall–Kier alpha value is -2.90. The van der Waals surface area contributed by atoms with Crippen LogP contribution in [0.3, 0.4) is 0 Å². The van der Waals surface area contributed by atoms with Crippen LogP contribution in [0.2, 0.25) is 0 Å². The third-order valence-electron chi connectivity index (χ3n) is 4.71. The molecule has 8 nitrogen and oxygen atoms in total. The van der Waals surface area contributed by atoms with Crippen LogP contribution in [0.15, 0.2) is 18.2 Å². The molecule has 1 aromatic carbocycles. The van der Waals surface area contributed by atoms with Gasteiger partial charge in [0.15, 0.2) is 5.78 Å². The first-order valence-corrected chi connectivity index (χ1v) is 8.97. The number of nitrogens with zero attached hydrogens (tertiary/aromatic N) is 1. The molecule has 1 saturated heterocycles. The highest BCUT2D eigenvalue weighted by Gasteiger charge is 2.35. The number of fused-ring (bicyclic) bond motifs is 1. The standard InChI is InChI=1S/C19H22N2O6/c1-3-16(23)14-6-7-26-17-8-12(4-5-15(17)18(14)24)21-10-13(27-19(21)25)9-20-11(2)22/h4-5,8,13-14H,3,6-7,9-10H2,1-2H3,(H,20,22). The maximum atomic E-state index is 12.7. The molecular formula is C19H22N2O6. The molecule has 0 aromatic heterocycles. The highest BCUT2D eigenvalue weighted by molar-refractivity contribution is 6.12. The lowest BCUT2D eigenvalue weighted by Crippen LogP contribution is -2.33. The van der Waals surface area contributed by atoms with E-state index in [4.69, 9.17) is 9.47 Å². The number of rotatable bonds is 5. The largest absolute Gasteiger partial charge is 0.493 e. The third kappa shape index (κ3) is 3.94. The number of anilines is 1. The quantitative estimate of drug-likeness (QED) is 0.787. The Morgan fingerprint density at radius 2 is 2.07 bits per heavy atom. The van der Waals surface area contributed by atoms with Crippen LogP contribution < -0.4 is 15.0 Å². The van der Waals surface area contributed by atoms with Crippen molar-refractivity contribution in [2.45, 2.75) is 32.8 Å². The first-order valence-electron chi connectivity index (χ1n) is 8.97. The molecule has 0 saturated carbocycles. The van der Waals surface area contributed by atoms with E-state index >= 15 is 0 Å². The van der Waals surface area contributed by atoms with Gasteiger partial charge in [0.25, 0.3) is 0 Å². The van der Waals surface area contributed by atoms with Crippen molar-refractivity contribution in [3.8, 4) is 5.75 Å². The van der Waals surface area contributed by atoms with Gasteiger partial charge in [0, 0.05) is 19.4 Å². The Bertz CT molecular complexity index is 790. The Balaban J connectivity index is 1.79. The fourth-order valence-corrected chi connectivity index (χ4v) is 3.26. The van der Waals surface area contributed by atoms with Crippen molar-refractivity contribution in [3.05, 3.63) is 23.8 Å². The van der Waals surface area contributed by atoms with Gasteiger partial charge in [-0.25, -0.2) is 4.79 Å². The molecule has 2 aliphatic rings. The summed E-state index contributed by atoms with van der Waals surface area (Å²) in [5, 5.41) is 2.62. The average Bonchev–Trinajstić information content (AvgIpc) is 2.94. The van der Waals surface area contributed by atoms with Crippen LogP contribution in [-0.2, 0) is 14.3 Å². The van der Waals surface area contributed by atoms with Gasteiger partial charge < -0.3 is 14.8 Å². The number of ketones is 2. The van der Waals surface area contributed by atoms with Crippen molar-refractivity contribution in [2.24, 2.45) is 5.92 Å². The molecule has 2 atom stereocenters. The number of Topliss-reactive ketones (excluding diaryl/α,β-unsaturated/α-hetero) is 2. The topological polar surface area (TPSA) is 102 Å². The fraction of sp³-hybridized carbons (Fsp3) is 0.474. The van der Waals surface area contributed by atoms with E-state index in [0.717, 1.165) is 0 Å². The first kappa shape index (κ1) is 18.9. The van der Waals surface area contributed by atoms with Gasteiger partial charge in [-0.3, -0.25) is 19.3 Å². The summed E-state index contributed by atoms with van der Waals surface area (Å²) in [4.78, 5) is 49.3. The predicted octanol–water partition coefficient (Wildman–Crippen LogP) is 1.71. The molecule has 2 heterocycles. The molecule has 27 heavy (non-hydrogen) atoms. The Labute approximate surface area is 156 Å². The maximum absolute atomic E-state index is 12.7. The summed E-state index contributed by atoms with van der Waals surface area (Å²) in [6, 6.07) is 4.84. The summed E-state index contributed by atoms with van der Waals surface area (Å²) in [6.07, 6.45) is -0.322. The molecule has 0 spiro atoms. The van der Waals surface area contributed by atoms with E-state index in [1.165, 1.54) is 11.8 Å². The second kappa shape index (κ2) is 7.77. The molecule has 144 valence electrons. The average molecular weight is 374 g/mol. The van der Waals surface area contributed by atoms with E-state index in [1.54, 1.807) is 25.1 Å². The normalized spacial score (nSPS) is 21.8. The minimum atomic E-state index is -0.680. The molecular weight excluding hydrogens is 352 g/mol. The second-order valence-electron chi connectivity index (χ2n) is 6.61. The Morgan fingerprint density at radius 3 is 2.78 bits per heavy atom. The van der Waals surface area contributed by atoms with Crippen molar-refractivity contribution in [3.63, 3.8) is 0 Å². The SMILES string of the molecule is CCC(=O)C1CCOc2cc(N3CC(CNC(C)=O)OC3=O)ccc2C1=O. The predicted molar refractivity (Wildman–Crippen MR) is 96.0 cm³/mol. The van der Waals surface area contributed by atoms with Crippen LogP contribution in [0.5, 0.6) is 5.75 Å². The molecule has 8 heteroatoms. The lowest BCUT2D eigenvalue weighted by Gasteiger charge is -2.16. The van der Waals surface area contributed by atoms with E-state index < -0.39 is 18.1 Å². The van der Waals surface area contributed by atoms with E-state index in [0.29, 0.717) is 29.8 Å². The lowest BCUT2D eigenvalue weighted by atomic mass is 9.90. The number of hydrogen-bond acceptors (Lipinski definition) is 6. The summed E-state index contributed by atoms with van der Waals surface area (Å²) in [5.41, 5.74) is 0.891. The zero-order valence-corrected chi connectivity index (χ0v) is 15.3. The monoisotopic (exact) mass is 374 g/mol. The number of carbonyl (C=O) groups excluding carboxylic acids is 4. The summed E-state index contributed by atoms with van der Waals surface area (Å²) < 4.78 is 10.9. The Kier molecular flexibility index (Phi) is 5.43. The first-order chi connectivity index (χ1) is 12.9. The van der Waals surface area contributed by atoms with E-state index in [1.807, 2.05) is 0 Å². The number of amides is 2. The third-order valence-corrected chi connectivity index (χ3v) is 4.71. The van der Waals surface area contributed by atoms with Crippen molar-refractivity contribution in [2.75, 3.05) is 24.6 Å². The highest BCUT2D eigenvalue weighted by Crippen LogP contribution is 2.33. The summed E-state index contributed by atoms with van der Waals surface area (Å²) >= 11 is 0. The number of benzene rings is 1. The number of hydrogen-bond donors (Lipinski definition) is 1. The van der Waals surface area contributed by atoms with E-state index in [-0.39, 0.29) is 37.2 Å². The Morgan fingerprint density at radius 1 is 1.30 bits per heavy atom. The second-order valence-corrected chi connectivity index (χ2v) is 6.61. The molecule has 0 radical (unpaired) electrons. The van der Waals surface area contributed by atoms with Gasteiger partial charge >= 0.3 is 6.09 Å². The zero-order chi connectivity index (χ0) is 19.6. The molecule has 2 aliphatic heterocycles. The summed E-state index contributed by atoms with van der Waals surface area (Å²) in [7, 11) is 0. The number of nitrogens with one attached hydrogen (secondary N) is 1. The number of cyclic esters (lactones) is 1. The molecule has 2 amide bonds. The minimum Gasteiger partial charge on any atom is -0.493 e. The van der Waals surface area contributed by atoms with Crippen LogP contribution in [0, 0.1) is 5.92 Å². The van der Waals surface area contributed by atoms with Gasteiger partial charge in [-0.2, -0.15) is 0 Å². The summed E-state index contributed by atoms with van der Waals surface area (Å²) in [5.74, 6) is -0.849.